The molecule has 1 saturated heterocycles. The number of piperidine rings is 1. The highest BCUT2D eigenvalue weighted by atomic mass is 16.6. The van der Waals surface area contributed by atoms with Gasteiger partial charge in [0.2, 0.25) is 5.91 Å². The van der Waals surface area contributed by atoms with E-state index in [4.69, 9.17) is 5.73 Å². The van der Waals surface area contributed by atoms with E-state index in [1.54, 1.807) is 12.1 Å². The normalized spacial score (nSPS) is 18.3. The number of anilines is 1. The molecule has 2 rings (SSSR count). The number of nitrogens with zero attached hydrogens (tertiary/aromatic N) is 2. The van der Waals surface area contributed by atoms with Crippen molar-refractivity contribution >= 4 is 17.3 Å². The van der Waals surface area contributed by atoms with Gasteiger partial charge in [-0.15, -0.1) is 0 Å². The summed E-state index contributed by atoms with van der Waals surface area (Å²) in [5, 5.41) is 13.5. The summed E-state index contributed by atoms with van der Waals surface area (Å²) in [4.78, 5) is 24.3. The number of nitrogens with two attached hydrogens (primary N) is 1. The summed E-state index contributed by atoms with van der Waals surface area (Å²) in [5.41, 5.74) is 6.37. The fourth-order valence-electron chi connectivity index (χ4n) is 2.55. The van der Waals surface area contributed by atoms with E-state index in [0.717, 1.165) is 25.1 Å². The van der Waals surface area contributed by atoms with Gasteiger partial charge in [-0.1, -0.05) is 0 Å². The van der Waals surface area contributed by atoms with Crippen molar-refractivity contribution in [2.45, 2.75) is 12.8 Å². The van der Waals surface area contributed by atoms with Crippen LogP contribution < -0.4 is 16.0 Å². The Labute approximate surface area is 123 Å². The van der Waals surface area contributed by atoms with Gasteiger partial charge in [0.1, 0.15) is 0 Å². The topological polar surface area (TPSA) is 102 Å². The van der Waals surface area contributed by atoms with E-state index >= 15 is 0 Å². The Morgan fingerprint density at radius 1 is 1.43 bits per heavy atom. The Morgan fingerprint density at radius 3 is 2.76 bits per heavy atom. The third kappa shape index (κ3) is 3.91. The molecule has 0 radical (unpaired) electrons. The van der Waals surface area contributed by atoms with Crippen molar-refractivity contribution in [2.24, 2.45) is 11.7 Å². The van der Waals surface area contributed by atoms with Crippen molar-refractivity contribution in [1.82, 2.24) is 5.32 Å². The minimum atomic E-state index is -0.414. The van der Waals surface area contributed by atoms with E-state index in [2.05, 4.69) is 10.2 Å². The van der Waals surface area contributed by atoms with Crippen molar-refractivity contribution in [2.75, 3.05) is 31.1 Å². The standard InChI is InChI=1S/C14H20N4O3/c15-7-8-16-14(19)11-2-1-9-17(10-11)12-3-5-13(6-4-12)18(20)21/h3-6,11H,1-2,7-10,15H2,(H,16,19). The van der Waals surface area contributed by atoms with Gasteiger partial charge in [0.15, 0.2) is 0 Å². The van der Waals surface area contributed by atoms with Gasteiger partial charge in [-0.3, -0.25) is 14.9 Å². The van der Waals surface area contributed by atoms with E-state index in [-0.39, 0.29) is 17.5 Å². The molecule has 1 aliphatic rings. The van der Waals surface area contributed by atoms with Crippen LogP contribution in [0.4, 0.5) is 11.4 Å². The number of carbonyl (C=O) groups excluding carboxylic acids is 1. The van der Waals surface area contributed by atoms with Crippen LogP contribution in [0.1, 0.15) is 12.8 Å². The third-order valence-corrected chi connectivity index (χ3v) is 3.66. The molecule has 0 saturated carbocycles. The summed E-state index contributed by atoms with van der Waals surface area (Å²) in [7, 11) is 0. The number of nitro groups is 1. The first-order valence-corrected chi connectivity index (χ1v) is 7.09. The first kappa shape index (κ1) is 15.2. The Morgan fingerprint density at radius 2 is 2.14 bits per heavy atom. The zero-order valence-corrected chi connectivity index (χ0v) is 11.8. The first-order chi connectivity index (χ1) is 10.1. The van der Waals surface area contributed by atoms with Crippen LogP contribution in [0.25, 0.3) is 0 Å². The Kier molecular flexibility index (Phi) is 5.10. The fraction of sp³-hybridized carbons (Fsp3) is 0.500. The molecule has 1 unspecified atom stereocenters. The largest absolute Gasteiger partial charge is 0.371 e. The van der Waals surface area contributed by atoms with Crippen molar-refractivity contribution < 1.29 is 9.72 Å². The minimum absolute atomic E-state index is 0.0343. The molecule has 1 aliphatic heterocycles. The Bertz CT molecular complexity index is 503. The molecule has 114 valence electrons. The van der Waals surface area contributed by atoms with E-state index in [1.807, 2.05) is 0 Å². The number of amides is 1. The lowest BCUT2D eigenvalue weighted by atomic mass is 9.96. The van der Waals surface area contributed by atoms with Crippen LogP contribution in [0.5, 0.6) is 0 Å². The van der Waals surface area contributed by atoms with Gasteiger partial charge in [0.25, 0.3) is 5.69 Å². The number of nitrogens with one attached hydrogen (secondary N) is 1. The highest BCUT2D eigenvalue weighted by molar-refractivity contribution is 5.79. The Hall–Kier alpha value is -2.15. The number of hydrogen-bond donors (Lipinski definition) is 2. The smallest absolute Gasteiger partial charge is 0.269 e. The number of hydrogen-bond acceptors (Lipinski definition) is 5. The molecule has 7 nitrogen and oxygen atoms in total. The summed E-state index contributed by atoms with van der Waals surface area (Å²) < 4.78 is 0. The zero-order chi connectivity index (χ0) is 15.2. The van der Waals surface area contributed by atoms with Crippen molar-refractivity contribution in [1.29, 1.82) is 0 Å². The van der Waals surface area contributed by atoms with E-state index in [0.29, 0.717) is 19.6 Å². The maximum absolute atomic E-state index is 12.0. The van der Waals surface area contributed by atoms with Gasteiger partial charge in [0, 0.05) is 44.0 Å². The zero-order valence-electron chi connectivity index (χ0n) is 11.8. The van der Waals surface area contributed by atoms with Gasteiger partial charge in [-0.25, -0.2) is 0 Å². The molecule has 3 N–H and O–H groups in total. The van der Waals surface area contributed by atoms with Gasteiger partial charge in [-0.2, -0.15) is 0 Å². The van der Waals surface area contributed by atoms with E-state index < -0.39 is 4.92 Å². The average Bonchev–Trinajstić information content (AvgIpc) is 2.52. The van der Waals surface area contributed by atoms with Crippen LogP contribution in [0.3, 0.4) is 0 Å². The molecule has 0 spiro atoms. The van der Waals surface area contributed by atoms with E-state index in [9.17, 15) is 14.9 Å². The second-order valence-corrected chi connectivity index (χ2v) is 5.14. The molecular weight excluding hydrogens is 272 g/mol. The van der Waals surface area contributed by atoms with Crippen LogP contribution in [-0.2, 0) is 4.79 Å². The highest BCUT2D eigenvalue weighted by Crippen LogP contribution is 2.25. The lowest BCUT2D eigenvalue weighted by Gasteiger charge is -2.33. The first-order valence-electron chi connectivity index (χ1n) is 7.09. The number of nitro benzene ring substituents is 1. The molecular formula is C14H20N4O3. The number of carbonyl (C=O) groups is 1. The van der Waals surface area contributed by atoms with Gasteiger partial charge in [0.05, 0.1) is 10.8 Å². The molecule has 0 aliphatic carbocycles. The number of benzene rings is 1. The summed E-state index contributed by atoms with van der Waals surface area (Å²) in [6, 6.07) is 6.46. The van der Waals surface area contributed by atoms with E-state index in [1.165, 1.54) is 12.1 Å². The number of non-ortho nitro benzene ring substituents is 1. The second kappa shape index (κ2) is 7.03. The predicted octanol–water partition coefficient (Wildman–Crippen LogP) is 0.886. The molecule has 1 atom stereocenters. The molecule has 1 heterocycles. The van der Waals surface area contributed by atoms with Crippen LogP contribution in [0, 0.1) is 16.0 Å². The monoisotopic (exact) mass is 292 g/mol. The number of rotatable bonds is 5. The summed E-state index contributed by atoms with van der Waals surface area (Å²) >= 11 is 0. The van der Waals surface area contributed by atoms with Crippen LogP contribution in [0.2, 0.25) is 0 Å². The second-order valence-electron chi connectivity index (χ2n) is 5.14. The maximum Gasteiger partial charge on any atom is 0.269 e. The molecule has 0 bridgehead atoms. The minimum Gasteiger partial charge on any atom is -0.371 e. The predicted molar refractivity (Wildman–Crippen MR) is 80.1 cm³/mol. The summed E-state index contributed by atoms with van der Waals surface area (Å²) in [5.74, 6) is -0.0208. The third-order valence-electron chi connectivity index (χ3n) is 3.66. The molecule has 1 amide bonds. The van der Waals surface area contributed by atoms with Crippen LogP contribution in [-0.4, -0.2) is 37.0 Å². The molecule has 21 heavy (non-hydrogen) atoms. The lowest BCUT2D eigenvalue weighted by Crippen LogP contribution is -2.44. The van der Waals surface area contributed by atoms with Gasteiger partial charge < -0.3 is 16.0 Å². The van der Waals surface area contributed by atoms with Crippen LogP contribution in [0.15, 0.2) is 24.3 Å². The van der Waals surface area contributed by atoms with Gasteiger partial charge in [-0.05, 0) is 25.0 Å². The molecule has 1 aromatic rings. The molecule has 1 aromatic carbocycles. The maximum atomic E-state index is 12.0. The highest BCUT2D eigenvalue weighted by Gasteiger charge is 2.25. The van der Waals surface area contributed by atoms with Crippen LogP contribution >= 0.6 is 0 Å². The average molecular weight is 292 g/mol. The molecule has 0 aromatic heterocycles. The lowest BCUT2D eigenvalue weighted by molar-refractivity contribution is -0.384. The summed E-state index contributed by atoms with van der Waals surface area (Å²) in [6.45, 7) is 2.42. The van der Waals surface area contributed by atoms with Gasteiger partial charge >= 0.3 is 0 Å². The quantitative estimate of drug-likeness (QED) is 0.620. The molecule has 7 heteroatoms. The Balaban J connectivity index is 2.00. The summed E-state index contributed by atoms with van der Waals surface area (Å²) in [6.07, 6.45) is 1.79. The van der Waals surface area contributed by atoms with Crippen molar-refractivity contribution in [3.63, 3.8) is 0 Å². The SMILES string of the molecule is NCCNC(=O)C1CCCN(c2ccc([N+](=O)[O-])cc2)C1. The fourth-order valence-corrected chi connectivity index (χ4v) is 2.55. The molecule has 1 fully saturated rings. The van der Waals surface area contributed by atoms with Crippen molar-refractivity contribution in [3.05, 3.63) is 34.4 Å². The van der Waals surface area contributed by atoms with Crippen molar-refractivity contribution in [3.8, 4) is 0 Å².